The monoisotopic (exact) mass is 270 g/mol. The molecular weight excluding hydrogens is 252 g/mol. The third-order valence-corrected chi connectivity index (χ3v) is 3.48. The van der Waals surface area contributed by atoms with Crippen molar-refractivity contribution in [2.45, 2.75) is 19.3 Å². The van der Waals surface area contributed by atoms with Crippen LogP contribution in [0.5, 0.6) is 0 Å². The van der Waals surface area contributed by atoms with Crippen molar-refractivity contribution in [1.29, 1.82) is 0 Å². The quantitative estimate of drug-likeness (QED) is 0.548. The molecule has 0 spiro atoms. The number of rotatable bonds is 6. The molecule has 0 radical (unpaired) electrons. The van der Waals surface area contributed by atoms with Crippen LogP contribution in [0.2, 0.25) is 0 Å². The molecule has 0 N–H and O–H groups in total. The topological polar surface area (TPSA) is 44.8 Å². The van der Waals surface area contributed by atoms with Crippen LogP contribution in [-0.2, 0) is 19.0 Å². The van der Waals surface area contributed by atoms with E-state index in [4.69, 9.17) is 26.4 Å². The molecule has 18 heavy (non-hydrogen) atoms. The largest absolute Gasteiger partial charge is 0.501 e. The highest BCUT2D eigenvalue weighted by Crippen LogP contribution is 2.40. The van der Waals surface area contributed by atoms with Crippen molar-refractivity contribution >= 4 is 23.6 Å². The lowest BCUT2D eigenvalue weighted by atomic mass is 9.76. The van der Waals surface area contributed by atoms with Crippen LogP contribution < -0.4 is 0 Å². The minimum Gasteiger partial charge on any atom is -0.501 e. The molecule has 0 heterocycles. The molecular formula is C13H18O4S. The zero-order valence-corrected chi connectivity index (χ0v) is 11.7. The van der Waals surface area contributed by atoms with Crippen LogP contribution in [0.1, 0.15) is 19.3 Å². The molecule has 0 saturated heterocycles. The summed E-state index contributed by atoms with van der Waals surface area (Å²) in [5, 5.41) is 0.486. The van der Waals surface area contributed by atoms with Gasteiger partial charge in [-0.1, -0.05) is 0 Å². The van der Waals surface area contributed by atoms with Gasteiger partial charge in [-0.15, -0.1) is 0 Å². The lowest BCUT2D eigenvalue weighted by molar-refractivity contribution is -0.116. The first-order valence-electron chi connectivity index (χ1n) is 5.64. The highest BCUT2D eigenvalue weighted by Gasteiger charge is 2.38. The average Bonchev–Trinajstić information content (AvgIpc) is 2.44. The van der Waals surface area contributed by atoms with Crippen molar-refractivity contribution < 1.29 is 19.0 Å². The number of aldehydes is 1. The molecule has 1 aliphatic rings. The molecule has 1 unspecified atom stereocenters. The number of hydrogen-bond acceptors (Lipinski definition) is 5. The van der Waals surface area contributed by atoms with Gasteiger partial charge >= 0.3 is 0 Å². The summed E-state index contributed by atoms with van der Waals surface area (Å²) in [5.41, 5.74) is -0.711. The van der Waals surface area contributed by atoms with Gasteiger partial charge in [0.25, 0.3) is 0 Å². The van der Waals surface area contributed by atoms with Crippen molar-refractivity contribution in [2.75, 3.05) is 21.3 Å². The number of carbonyl (C=O) groups excluding carboxylic acids is 1. The van der Waals surface area contributed by atoms with E-state index in [-0.39, 0.29) is 0 Å². The second-order valence-electron chi connectivity index (χ2n) is 4.10. The molecule has 0 saturated carbocycles. The van der Waals surface area contributed by atoms with Crippen molar-refractivity contribution in [1.82, 2.24) is 0 Å². The average molecular weight is 270 g/mol. The van der Waals surface area contributed by atoms with Gasteiger partial charge in [-0.25, -0.2) is 0 Å². The highest BCUT2D eigenvalue weighted by molar-refractivity contribution is 7.80. The molecule has 0 aromatic carbocycles. The van der Waals surface area contributed by atoms with E-state index in [0.29, 0.717) is 30.1 Å². The van der Waals surface area contributed by atoms with Crippen molar-refractivity contribution in [2.24, 2.45) is 5.41 Å². The lowest BCUT2D eigenvalue weighted by Gasteiger charge is -2.32. The van der Waals surface area contributed by atoms with Crippen LogP contribution in [0.4, 0.5) is 0 Å². The van der Waals surface area contributed by atoms with E-state index in [1.807, 2.05) is 6.08 Å². The Hall–Kier alpha value is -1.36. The summed E-state index contributed by atoms with van der Waals surface area (Å²) >= 11 is 5.01. The Morgan fingerprint density at radius 3 is 2.61 bits per heavy atom. The molecule has 0 bridgehead atoms. The van der Waals surface area contributed by atoms with Crippen LogP contribution >= 0.6 is 12.2 Å². The SMILES string of the molecule is COC(=S)CCC1(C=O)CC(OC)=CC=C1OC. The predicted octanol–water partition coefficient (Wildman–Crippen LogP) is 2.39. The van der Waals surface area contributed by atoms with Crippen molar-refractivity contribution in [3.8, 4) is 0 Å². The van der Waals surface area contributed by atoms with Gasteiger partial charge in [0.1, 0.15) is 12.0 Å². The van der Waals surface area contributed by atoms with Crippen molar-refractivity contribution in [3.05, 3.63) is 23.7 Å². The Balaban J connectivity index is 2.91. The molecule has 0 amide bonds. The molecule has 0 fully saturated rings. The first-order chi connectivity index (χ1) is 8.61. The Morgan fingerprint density at radius 2 is 2.11 bits per heavy atom. The molecule has 0 aromatic heterocycles. The number of methoxy groups -OCH3 is 3. The molecule has 5 heteroatoms. The van der Waals surface area contributed by atoms with Gasteiger partial charge in [0, 0.05) is 12.8 Å². The maximum atomic E-state index is 11.5. The number of hydrogen-bond donors (Lipinski definition) is 0. The van der Waals surface area contributed by atoms with Gasteiger partial charge in [0.2, 0.25) is 0 Å². The van der Waals surface area contributed by atoms with E-state index in [9.17, 15) is 4.79 Å². The van der Waals surface area contributed by atoms with E-state index in [1.165, 1.54) is 7.11 Å². The maximum Gasteiger partial charge on any atom is 0.159 e. The zero-order chi connectivity index (χ0) is 13.6. The molecule has 1 atom stereocenters. The van der Waals surface area contributed by atoms with Gasteiger partial charge < -0.3 is 19.0 Å². The fourth-order valence-electron chi connectivity index (χ4n) is 2.00. The first kappa shape index (κ1) is 14.7. The molecule has 0 aromatic rings. The summed E-state index contributed by atoms with van der Waals surface area (Å²) < 4.78 is 15.5. The molecule has 4 nitrogen and oxygen atoms in total. The third-order valence-electron chi connectivity index (χ3n) is 3.11. The summed E-state index contributed by atoms with van der Waals surface area (Å²) in [5.74, 6) is 1.39. The minimum atomic E-state index is -0.711. The molecule has 100 valence electrons. The van der Waals surface area contributed by atoms with Crippen molar-refractivity contribution in [3.63, 3.8) is 0 Å². The maximum absolute atomic E-state index is 11.5. The van der Waals surface area contributed by atoms with Crippen LogP contribution in [-0.4, -0.2) is 32.7 Å². The molecule has 1 aliphatic carbocycles. The third kappa shape index (κ3) is 3.10. The van der Waals surface area contributed by atoms with Crippen LogP contribution in [0.3, 0.4) is 0 Å². The van der Waals surface area contributed by atoms with E-state index < -0.39 is 5.41 Å². The fraction of sp³-hybridized carbons (Fsp3) is 0.538. The Labute approximate surface area is 113 Å². The second kappa shape index (κ2) is 6.54. The summed E-state index contributed by atoms with van der Waals surface area (Å²) in [4.78, 5) is 11.5. The molecule has 0 aliphatic heterocycles. The standard InChI is InChI=1S/C13H18O4S/c1-15-10-4-5-11(16-2)13(8-10,9-14)7-6-12(18)17-3/h4-5,9H,6-8H2,1-3H3. The van der Waals surface area contributed by atoms with Gasteiger partial charge in [0.05, 0.1) is 32.5 Å². The summed E-state index contributed by atoms with van der Waals surface area (Å²) in [6, 6.07) is 0. The van der Waals surface area contributed by atoms with E-state index >= 15 is 0 Å². The van der Waals surface area contributed by atoms with Crippen LogP contribution in [0.15, 0.2) is 23.7 Å². The van der Waals surface area contributed by atoms with E-state index in [2.05, 4.69) is 0 Å². The van der Waals surface area contributed by atoms with E-state index in [1.54, 1.807) is 20.3 Å². The minimum absolute atomic E-state index is 0.485. The van der Waals surface area contributed by atoms with Gasteiger partial charge in [-0.3, -0.25) is 0 Å². The highest BCUT2D eigenvalue weighted by atomic mass is 32.1. The van der Waals surface area contributed by atoms with Gasteiger partial charge in [0.15, 0.2) is 5.05 Å². The Bertz CT molecular complexity index is 386. The fourth-order valence-corrected chi connectivity index (χ4v) is 2.10. The zero-order valence-electron chi connectivity index (χ0n) is 10.9. The van der Waals surface area contributed by atoms with Crippen LogP contribution in [0, 0.1) is 5.41 Å². The number of carbonyl (C=O) groups is 1. The number of ether oxygens (including phenoxy) is 3. The smallest absolute Gasteiger partial charge is 0.159 e. The normalized spacial score (nSPS) is 22.6. The van der Waals surface area contributed by atoms with Gasteiger partial charge in [-0.2, -0.15) is 0 Å². The van der Waals surface area contributed by atoms with E-state index in [0.717, 1.165) is 12.0 Å². The summed E-state index contributed by atoms with van der Waals surface area (Å²) in [7, 11) is 4.68. The van der Waals surface area contributed by atoms with Crippen LogP contribution in [0.25, 0.3) is 0 Å². The summed E-state index contributed by atoms with van der Waals surface area (Å²) in [6.07, 6.45) is 6.05. The predicted molar refractivity (Wildman–Crippen MR) is 72.1 cm³/mol. The lowest BCUT2D eigenvalue weighted by Crippen LogP contribution is -2.30. The second-order valence-corrected chi connectivity index (χ2v) is 4.55. The van der Waals surface area contributed by atoms with Gasteiger partial charge in [-0.05, 0) is 30.8 Å². The Morgan fingerprint density at radius 1 is 1.39 bits per heavy atom. The number of thiocarbonyl (C=S) groups is 1. The summed E-state index contributed by atoms with van der Waals surface area (Å²) in [6.45, 7) is 0. The molecule has 1 rings (SSSR count). The Kier molecular flexibility index (Phi) is 5.34. The first-order valence-corrected chi connectivity index (χ1v) is 6.05. The number of allylic oxidation sites excluding steroid dienone is 4.